The second-order valence-electron chi connectivity index (χ2n) is 7.93. The van der Waals surface area contributed by atoms with Crippen molar-refractivity contribution in [1.29, 1.82) is 0 Å². The molecule has 1 aromatic carbocycles. The summed E-state index contributed by atoms with van der Waals surface area (Å²) in [6.45, 7) is 4.33. The van der Waals surface area contributed by atoms with Crippen LogP contribution in [-0.4, -0.2) is 34.3 Å². The Labute approximate surface area is 176 Å². The van der Waals surface area contributed by atoms with Gasteiger partial charge in [-0.2, -0.15) is 0 Å². The van der Waals surface area contributed by atoms with Gasteiger partial charge in [0.15, 0.2) is 0 Å². The van der Waals surface area contributed by atoms with Crippen molar-refractivity contribution in [2.24, 2.45) is 0 Å². The first-order chi connectivity index (χ1) is 14.5. The first kappa shape index (κ1) is 20.3. The number of hydrogen-bond acceptors (Lipinski definition) is 5. The Bertz CT molecular complexity index is 969. The van der Waals surface area contributed by atoms with E-state index in [1.165, 1.54) is 6.26 Å². The number of carbonyl (C=O) groups is 2. The fourth-order valence-electron chi connectivity index (χ4n) is 4.58. The summed E-state index contributed by atoms with van der Waals surface area (Å²) in [5.74, 6) is -0.194. The van der Waals surface area contributed by atoms with E-state index in [0.29, 0.717) is 17.9 Å². The lowest BCUT2D eigenvalue weighted by atomic mass is 9.92. The maximum Gasteiger partial charge on any atom is 0.296 e. The van der Waals surface area contributed by atoms with Crippen molar-refractivity contribution < 1.29 is 23.8 Å². The van der Waals surface area contributed by atoms with Crippen LogP contribution in [0, 0.1) is 6.92 Å². The monoisotopic (exact) mass is 409 g/mol. The van der Waals surface area contributed by atoms with Gasteiger partial charge in [-0.3, -0.25) is 9.59 Å². The fraction of sp³-hybridized carbons (Fsp3) is 0.417. The quantitative estimate of drug-likeness (QED) is 0.438. The lowest BCUT2D eigenvalue weighted by Crippen LogP contribution is -2.40. The maximum atomic E-state index is 13.1. The number of aliphatic hydroxyl groups excluding tert-OH is 1. The average molecular weight is 409 g/mol. The van der Waals surface area contributed by atoms with Crippen LogP contribution >= 0.6 is 0 Å². The third-order valence-electron chi connectivity index (χ3n) is 6.01. The van der Waals surface area contributed by atoms with E-state index >= 15 is 0 Å². The number of likely N-dealkylation sites (tertiary alicyclic amines) is 1. The van der Waals surface area contributed by atoms with Crippen LogP contribution in [0.15, 0.2) is 46.6 Å². The van der Waals surface area contributed by atoms with Gasteiger partial charge in [-0.1, -0.05) is 19.3 Å². The van der Waals surface area contributed by atoms with Crippen LogP contribution in [0.1, 0.15) is 62.0 Å². The largest absolute Gasteiger partial charge is 0.507 e. The Kier molecular flexibility index (Phi) is 5.66. The molecule has 0 radical (unpaired) electrons. The summed E-state index contributed by atoms with van der Waals surface area (Å²) in [6.07, 6.45) is 6.42. The molecule has 1 amide bonds. The summed E-state index contributed by atoms with van der Waals surface area (Å²) in [5, 5.41) is 11.1. The molecule has 1 aromatic heterocycles. The molecule has 1 N–H and O–H groups in total. The third-order valence-corrected chi connectivity index (χ3v) is 6.01. The van der Waals surface area contributed by atoms with Crippen LogP contribution < -0.4 is 4.74 Å². The zero-order valence-corrected chi connectivity index (χ0v) is 17.4. The number of aliphatic hydroxyl groups is 1. The summed E-state index contributed by atoms with van der Waals surface area (Å²) >= 11 is 0. The zero-order chi connectivity index (χ0) is 21.3. The van der Waals surface area contributed by atoms with E-state index in [1.54, 1.807) is 35.2 Å². The van der Waals surface area contributed by atoms with Crippen LogP contribution in [0.5, 0.6) is 5.75 Å². The van der Waals surface area contributed by atoms with Crippen molar-refractivity contribution in [3.63, 3.8) is 0 Å². The highest BCUT2D eigenvalue weighted by atomic mass is 16.5. The van der Waals surface area contributed by atoms with E-state index in [2.05, 4.69) is 0 Å². The van der Waals surface area contributed by atoms with Crippen molar-refractivity contribution in [3.8, 4) is 5.75 Å². The van der Waals surface area contributed by atoms with Crippen molar-refractivity contribution in [1.82, 2.24) is 4.90 Å². The molecule has 6 heteroatoms. The van der Waals surface area contributed by atoms with Gasteiger partial charge in [-0.05, 0) is 62.6 Å². The number of hydrogen-bond donors (Lipinski definition) is 1. The molecule has 30 heavy (non-hydrogen) atoms. The molecular formula is C24H27NO5. The van der Waals surface area contributed by atoms with E-state index < -0.39 is 17.7 Å². The van der Waals surface area contributed by atoms with E-state index in [1.807, 2.05) is 13.8 Å². The minimum atomic E-state index is -0.713. The van der Waals surface area contributed by atoms with Crippen molar-refractivity contribution >= 4 is 17.4 Å². The molecule has 1 unspecified atom stereocenters. The molecular weight excluding hydrogens is 382 g/mol. The van der Waals surface area contributed by atoms with Gasteiger partial charge in [0.2, 0.25) is 0 Å². The molecule has 1 atom stereocenters. The van der Waals surface area contributed by atoms with Gasteiger partial charge in [-0.25, -0.2) is 0 Å². The van der Waals surface area contributed by atoms with Gasteiger partial charge in [0.25, 0.3) is 11.7 Å². The molecule has 1 saturated heterocycles. The molecule has 1 aliphatic carbocycles. The van der Waals surface area contributed by atoms with E-state index in [-0.39, 0.29) is 17.4 Å². The highest BCUT2D eigenvalue weighted by molar-refractivity contribution is 6.46. The van der Waals surface area contributed by atoms with Crippen molar-refractivity contribution in [2.45, 2.75) is 58.0 Å². The predicted octanol–water partition coefficient (Wildman–Crippen LogP) is 4.74. The molecule has 0 bridgehead atoms. The SMILES string of the molecule is CCOc1ccc(/C(O)=C2/C(=O)C(=O)N(C3CCCCC3)C2c2ccco2)cc1C. The third kappa shape index (κ3) is 3.51. The highest BCUT2D eigenvalue weighted by Gasteiger charge is 2.50. The van der Waals surface area contributed by atoms with Crippen LogP contribution in [0.25, 0.3) is 5.76 Å². The molecule has 2 aromatic rings. The molecule has 0 spiro atoms. The second kappa shape index (κ2) is 8.38. The standard InChI is InChI=1S/C24H27NO5/c1-3-29-18-12-11-16(14-15(18)2)22(26)20-21(19-10-7-13-30-19)25(24(28)23(20)27)17-8-5-4-6-9-17/h7,10-14,17,21,26H,3-6,8-9H2,1-2H3/b22-20-. The Hall–Kier alpha value is -3.02. The minimum Gasteiger partial charge on any atom is -0.507 e. The zero-order valence-electron chi connectivity index (χ0n) is 17.4. The van der Waals surface area contributed by atoms with Gasteiger partial charge in [0.05, 0.1) is 18.4 Å². The summed E-state index contributed by atoms with van der Waals surface area (Å²) in [7, 11) is 0. The summed E-state index contributed by atoms with van der Waals surface area (Å²) in [6, 6.07) is 7.99. The first-order valence-electron chi connectivity index (χ1n) is 10.6. The predicted molar refractivity (Wildman–Crippen MR) is 112 cm³/mol. The molecule has 1 saturated carbocycles. The second-order valence-corrected chi connectivity index (χ2v) is 7.93. The number of ketones is 1. The van der Waals surface area contributed by atoms with E-state index in [0.717, 1.165) is 43.4 Å². The Morgan fingerprint density at radius 1 is 1.20 bits per heavy atom. The van der Waals surface area contributed by atoms with Crippen LogP contribution in [0.4, 0.5) is 0 Å². The van der Waals surface area contributed by atoms with Gasteiger partial charge >= 0.3 is 0 Å². The number of ether oxygens (including phenoxy) is 1. The van der Waals surface area contributed by atoms with Gasteiger partial charge in [0, 0.05) is 11.6 Å². The molecule has 158 valence electrons. The average Bonchev–Trinajstić information content (AvgIpc) is 3.37. The Morgan fingerprint density at radius 2 is 1.97 bits per heavy atom. The van der Waals surface area contributed by atoms with Crippen LogP contribution in [0.3, 0.4) is 0 Å². The molecule has 2 heterocycles. The number of amides is 1. The summed E-state index contributed by atoms with van der Waals surface area (Å²) in [5.41, 5.74) is 1.41. The lowest BCUT2D eigenvalue weighted by molar-refractivity contribution is -0.142. The minimum absolute atomic E-state index is 0.0299. The molecule has 4 rings (SSSR count). The normalized spacial score (nSPS) is 21.9. The molecule has 2 aliphatic rings. The van der Waals surface area contributed by atoms with E-state index in [4.69, 9.17) is 9.15 Å². The lowest BCUT2D eigenvalue weighted by Gasteiger charge is -2.34. The topological polar surface area (TPSA) is 80.0 Å². The molecule has 2 fully saturated rings. The molecule has 1 aliphatic heterocycles. The van der Waals surface area contributed by atoms with Crippen LogP contribution in [-0.2, 0) is 9.59 Å². The van der Waals surface area contributed by atoms with Gasteiger partial charge in [-0.15, -0.1) is 0 Å². The number of aryl methyl sites for hydroxylation is 1. The summed E-state index contributed by atoms with van der Waals surface area (Å²) < 4.78 is 11.2. The highest BCUT2D eigenvalue weighted by Crippen LogP contribution is 2.43. The van der Waals surface area contributed by atoms with Gasteiger partial charge in [0.1, 0.15) is 23.3 Å². The number of furan rings is 1. The van der Waals surface area contributed by atoms with Crippen LogP contribution in [0.2, 0.25) is 0 Å². The number of carbonyl (C=O) groups excluding carboxylic acids is 2. The summed E-state index contributed by atoms with van der Waals surface area (Å²) in [4.78, 5) is 27.7. The van der Waals surface area contributed by atoms with Crippen molar-refractivity contribution in [3.05, 3.63) is 59.1 Å². The fourth-order valence-corrected chi connectivity index (χ4v) is 4.58. The van der Waals surface area contributed by atoms with Crippen molar-refractivity contribution in [2.75, 3.05) is 6.61 Å². The van der Waals surface area contributed by atoms with E-state index in [9.17, 15) is 14.7 Å². The Balaban J connectivity index is 1.81. The van der Waals surface area contributed by atoms with Gasteiger partial charge < -0.3 is 19.2 Å². The Morgan fingerprint density at radius 3 is 2.60 bits per heavy atom. The number of Topliss-reactive ketones (excluding diaryl/α,β-unsaturated/α-hetero) is 1. The number of nitrogens with zero attached hydrogens (tertiary/aromatic N) is 1. The smallest absolute Gasteiger partial charge is 0.296 e. The maximum absolute atomic E-state index is 13.1. The number of benzene rings is 1. The number of rotatable bonds is 5. The first-order valence-corrected chi connectivity index (χ1v) is 10.6. The molecule has 6 nitrogen and oxygen atoms in total.